The van der Waals surface area contributed by atoms with Crippen LogP contribution in [0.5, 0.6) is 0 Å². The van der Waals surface area contributed by atoms with Crippen LogP contribution in [0.2, 0.25) is 0 Å². The highest BCUT2D eigenvalue weighted by atomic mass is 15.4. The largest absolute Gasteiger partial charge is 0.610 e. The van der Waals surface area contributed by atoms with Crippen molar-refractivity contribution in [2.24, 2.45) is 0 Å². The van der Waals surface area contributed by atoms with Crippen LogP contribution in [-0.4, -0.2) is 43.1 Å². The molecule has 48 valence electrons. The molecule has 0 radical (unpaired) electrons. The molecule has 1 fully saturated rings. The third-order valence-electron chi connectivity index (χ3n) is 1.50. The van der Waals surface area contributed by atoms with Crippen LogP contribution in [-0.2, 0) is 0 Å². The molecule has 1 rings (SSSR count). The molecule has 0 aromatic carbocycles. The predicted molar refractivity (Wildman–Crippen MR) is 33.4 cm³/mol. The van der Waals surface area contributed by atoms with Crippen LogP contribution >= 0.6 is 0 Å². The third-order valence-corrected chi connectivity index (χ3v) is 1.50. The first-order valence-corrected chi connectivity index (χ1v) is 2.94. The highest BCUT2D eigenvalue weighted by molar-refractivity contribution is 4.68. The van der Waals surface area contributed by atoms with Gasteiger partial charge in [0.1, 0.15) is 0 Å². The summed E-state index contributed by atoms with van der Waals surface area (Å²) in [5, 5.41) is 1.61. The Kier molecular flexibility index (Phi) is 1.83. The van der Waals surface area contributed by atoms with Gasteiger partial charge in [0, 0.05) is 13.1 Å². The Balaban J connectivity index is 2.19. The minimum Gasteiger partial charge on any atom is -0.610 e. The van der Waals surface area contributed by atoms with Crippen molar-refractivity contribution in [1.29, 1.82) is 0 Å². The molecule has 0 bridgehead atoms. The van der Waals surface area contributed by atoms with E-state index in [1.54, 1.807) is 5.01 Å². The van der Waals surface area contributed by atoms with Crippen LogP contribution in [0.3, 0.4) is 0 Å². The van der Waals surface area contributed by atoms with Gasteiger partial charge in [-0.1, -0.05) is 0 Å². The van der Waals surface area contributed by atoms with Crippen molar-refractivity contribution in [1.82, 2.24) is 9.91 Å². The predicted octanol–water partition coefficient (Wildman–Crippen LogP) is 0.201. The topological polar surface area (TPSA) is 30.3 Å². The van der Waals surface area contributed by atoms with E-state index in [1.165, 1.54) is 0 Å². The average Bonchev–Trinajstić information content (AvgIpc) is 1.77. The number of nitrogens with zero attached hydrogens (tertiary/aromatic N) is 2. The van der Waals surface area contributed by atoms with Crippen molar-refractivity contribution < 1.29 is 0 Å². The van der Waals surface area contributed by atoms with E-state index < -0.39 is 0 Å². The number of hydrogen-bond acceptors (Lipinski definition) is 2. The standard InChI is InChI=1S/C5H12N3/c1-7-2-4-8(6)5-3-7/h6H,2-5H2,1H3/q-1. The Morgan fingerprint density at radius 1 is 1.12 bits per heavy atom. The van der Waals surface area contributed by atoms with Crippen molar-refractivity contribution in [2.45, 2.75) is 0 Å². The van der Waals surface area contributed by atoms with Crippen LogP contribution in [0.4, 0.5) is 0 Å². The van der Waals surface area contributed by atoms with Gasteiger partial charge in [-0.05, 0) is 20.1 Å². The molecule has 3 heteroatoms. The van der Waals surface area contributed by atoms with E-state index in [0.717, 1.165) is 26.2 Å². The van der Waals surface area contributed by atoms with E-state index in [1.807, 2.05) is 0 Å². The van der Waals surface area contributed by atoms with Crippen molar-refractivity contribution in [2.75, 3.05) is 33.2 Å². The number of hydrogen-bond donors (Lipinski definition) is 0. The smallest absolute Gasteiger partial charge is 0.00924 e. The van der Waals surface area contributed by atoms with Crippen molar-refractivity contribution >= 4 is 0 Å². The fraction of sp³-hybridized carbons (Fsp3) is 1.00. The highest BCUT2D eigenvalue weighted by Crippen LogP contribution is 1.96. The molecule has 0 aromatic heterocycles. The Morgan fingerprint density at radius 3 is 2.00 bits per heavy atom. The molecule has 0 aliphatic carbocycles. The SMILES string of the molecule is CN1CCN([NH-])CC1. The Bertz CT molecular complexity index is 56.1. The van der Waals surface area contributed by atoms with Crippen LogP contribution in [0.25, 0.3) is 5.84 Å². The molecule has 8 heavy (non-hydrogen) atoms. The highest BCUT2D eigenvalue weighted by Gasteiger charge is 2.03. The summed E-state index contributed by atoms with van der Waals surface area (Å²) in [6.45, 7) is 3.89. The second-order valence-electron chi connectivity index (χ2n) is 2.29. The second kappa shape index (κ2) is 2.44. The van der Waals surface area contributed by atoms with Gasteiger partial charge in [-0.2, -0.15) is 0 Å². The summed E-state index contributed by atoms with van der Waals surface area (Å²) in [7, 11) is 2.09. The van der Waals surface area contributed by atoms with Gasteiger partial charge in [-0.25, -0.2) is 0 Å². The first-order valence-electron chi connectivity index (χ1n) is 2.94. The van der Waals surface area contributed by atoms with Crippen molar-refractivity contribution in [3.63, 3.8) is 0 Å². The summed E-state index contributed by atoms with van der Waals surface area (Å²) in [5.74, 6) is 7.17. The maximum absolute atomic E-state index is 7.17. The van der Waals surface area contributed by atoms with Crippen molar-refractivity contribution in [3.05, 3.63) is 5.84 Å². The summed E-state index contributed by atoms with van der Waals surface area (Å²) in [6.07, 6.45) is 0. The lowest BCUT2D eigenvalue weighted by Crippen LogP contribution is -2.40. The zero-order valence-corrected chi connectivity index (χ0v) is 5.22. The minimum absolute atomic E-state index is 0.899. The van der Waals surface area contributed by atoms with Gasteiger partial charge in [-0.3, -0.25) is 0 Å². The van der Waals surface area contributed by atoms with Crippen LogP contribution < -0.4 is 0 Å². The summed E-state index contributed by atoms with van der Waals surface area (Å²) >= 11 is 0. The summed E-state index contributed by atoms with van der Waals surface area (Å²) in [6, 6.07) is 0. The van der Waals surface area contributed by atoms with E-state index in [9.17, 15) is 0 Å². The third kappa shape index (κ3) is 1.43. The fourth-order valence-electron chi connectivity index (χ4n) is 0.806. The first-order chi connectivity index (χ1) is 3.79. The van der Waals surface area contributed by atoms with Crippen LogP contribution in [0, 0.1) is 0 Å². The molecule has 1 N–H and O–H groups in total. The zero-order chi connectivity index (χ0) is 5.98. The average molecular weight is 114 g/mol. The normalized spacial score (nSPS) is 26.2. The molecule has 0 spiro atoms. The van der Waals surface area contributed by atoms with Gasteiger partial charge >= 0.3 is 0 Å². The molecular formula is C5H12N3-. The summed E-state index contributed by atoms with van der Waals surface area (Å²) in [5.41, 5.74) is 0. The van der Waals surface area contributed by atoms with Gasteiger partial charge in [0.15, 0.2) is 0 Å². The number of rotatable bonds is 0. The second-order valence-corrected chi connectivity index (χ2v) is 2.29. The lowest BCUT2D eigenvalue weighted by Gasteiger charge is -2.35. The maximum atomic E-state index is 7.17. The lowest BCUT2D eigenvalue weighted by atomic mass is 10.4. The van der Waals surface area contributed by atoms with E-state index in [-0.39, 0.29) is 0 Å². The van der Waals surface area contributed by atoms with Gasteiger partial charge in [0.05, 0.1) is 0 Å². The zero-order valence-electron chi connectivity index (χ0n) is 5.22. The summed E-state index contributed by atoms with van der Waals surface area (Å²) in [4.78, 5) is 2.24. The van der Waals surface area contributed by atoms with Crippen molar-refractivity contribution in [3.8, 4) is 0 Å². The Hall–Kier alpha value is -0.120. The quantitative estimate of drug-likeness (QED) is 0.450. The fourth-order valence-corrected chi connectivity index (χ4v) is 0.806. The van der Waals surface area contributed by atoms with Gasteiger partial charge < -0.3 is 15.8 Å². The lowest BCUT2D eigenvalue weighted by molar-refractivity contribution is 0.199. The summed E-state index contributed by atoms with van der Waals surface area (Å²) < 4.78 is 0. The molecule has 1 aliphatic rings. The van der Waals surface area contributed by atoms with Crippen LogP contribution in [0.1, 0.15) is 0 Å². The first kappa shape index (κ1) is 6.01. The molecule has 0 atom stereocenters. The molecule has 0 saturated carbocycles. The molecular weight excluding hydrogens is 102 g/mol. The van der Waals surface area contributed by atoms with Crippen LogP contribution in [0.15, 0.2) is 0 Å². The Morgan fingerprint density at radius 2 is 1.62 bits per heavy atom. The molecule has 1 aliphatic heterocycles. The monoisotopic (exact) mass is 114 g/mol. The molecule has 0 amide bonds. The number of piperazine rings is 1. The number of nitrogens with one attached hydrogen (secondary N) is 1. The van der Waals surface area contributed by atoms with E-state index in [0.29, 0.717) is 0 Å². The maximum Gasteiger partial charge on any atom is 0.00924 e. The van der Waals surface area contributed by atoms with E-state index in [4.69, 9.17) is 5.84 Å². The molecule has 0 unspecified atom stereocenters. The van der Waals surface area contributed by atoms with E-state index >= 15 is 0 Å². The molecule has 3 nitrogen and oxygen atoms in total. The minimum atomic E-state index is 0.899. The van der Waals surface area contributed by atoms with E-state index in [2.05, 4.69) is 11.9 Å². The molecule has 0 aromatic rings. The van der Waals surface area contributed by atoms with Gasteiger partial charge in [0.25, 0.3) is 0 Å². The number of likely N-dealkylation sites (N-methyl/N-ethyl adjacent to an activating group) is 1. The van der Waals surface area contributed by atoms with Gasteiger partial charge in [-0.15, -0.1) is 0 Å². The molecule has 1 saturated heterocycles. The molecule has 1 heterocycles. The Labute approximate surface area is 50.0 Å². The van der Waals surface area contributed by atoms with Gasteiger partial charge in [0.2, 0.25) is 0 Å².